The van der Waals surface area contributed by atoms with Crippen LogP contribution < -0.4 is 0 Å². The van der Waals surface area contributed by atoms with Crippen molar-refractivity contribution in [1.82, 2.24) is 0 Å². The first-order valence-electron chi connectivity index (χ1n) is 4.62. The summed E-state index contributed by atoms with van der Waals surface area (Å²) in [4.78, 5) is 0. The number of hydrogen-bond donors (Lipinski definition) is 1. The van der Waals surface area contributed by atoms with Gasteiger partial charge < -0.3 is 5.11 Å². The van der Waals surface area contributed by atoms with E-state index in [-0.39, 0.29) is 0 Å². The van der Waals surface area contributed by atoms with Crippen LogP contribution in [0.3, 0.4) is 0 Å². The summed E-state index contributed by atoms with van der Waals surface area (Å²) in [6, 6.07) is 0. The van der Waals surface area contributed by atoms with Crippen molar-refractivity contribution in [3.8, 4) is 0 Å². The molecule has 1 heteroatoms. The van der Waals surface area contributed by atoms with Crippen molar-refractivity contribution in [3.63, 3.8) is 0 Å². The second kappa shape index (κ2) is 3.34. The highest BCUT2D eigenvalue weighted by Crippen LogP contribution is 2.31. The first-order chi connectivity index (χ1) is 5.52. The minimum absolute atomic E-state index is 0.483. The van der Waals surface area contributed by atoms with E-state index in [0.29, 0.717) is 17.6 Å². The smallest absolute Gasteiger partial charge is 0.114 e. The molecule has 0 aromatic heterocycles. The van der Waals surface area contributed by atoms with E-state index in [1.54, 1.807) is 0 Å². The minimum atomic E-state index is 0.483. The summed E-state index contributed by atoms with van der Waals surface area (Å²) in [5, 5.41) is 9.52. The van der Waals surface area contributed by atoms with Crippen LogP contribution in [-0.4, -0.2) is 5.11 Å². The van der Waals surface area contributed by atoms with Gasteiger partial charge in [-0.1, -0.05) is 26.3 Å². The zero-order valence-electron chi connectivity index (χ0n) is 8.39. The molecule has 0 aliphatic heterocycles. The molecule has 1 rings (SSSR count). The summed E-state index contributed by atoms with van der Waals surface area (Å²) in [5.74, 6) is 1.63. The van der Waals surface area contributed by atoms with Gasteiger partial charge >= 0.3 is 0 Å². The normalized spacial score (nSPS) is 24.8. The number of hydrogen-bond acceptors (Lipinski definition) is 1. The van der Waals surface area contributed by atoms with Crippen LogP contribution in [0.4, 0.5) is 0 Å². The monoisotopic (exact) mass is 166 g/mol. The van der Waals surface area contributed by atoms with E-state index in [9.17, 15) is 5.11 Å². The predicted octanol–water partition coefficient (Wildman–Crippen LogP) is 3.44. The van der Waals surface area contributed by atoms with Crippen molar-refractivity contribution in [2.24, 2.45) is 11.8 Å². The van der Waals surface area contributed by atoms with Gasteiger partial charge in [-0.25, -0.2) is 0 Å². The van der Waals surface area contributed by atoms with E-state index in [2.05, 4.69) is 20.8 Å². The lowest BCUT2D eigenvalue weighted by molar-refractivity contribution is 0.404. The fourth-order valence-electron chi connectivity index (χ4n) is 1.84. The Labute approximate surface area is 74.8 Å². The molecule has 1 atom stereocenters. The molecule has 1 aliphatic carbocycles. The topological polar surface area (TPSA) is 20.2 Å². The molecule has 0 saturated carbocycles. The van der Waals surface area contributed by atoms with Gasteiger partial charge in [0.05, 0.1) is 0 Å². The molecule has 0 spiro atoms. The average Bonchev–Trinajstić information content (AvgIpc) is 1.96. The van der Waals surface area contributed by atoms with E-state index in [0.717, 1.165) is 12.0 Å². The van der Waals surface area contributed by atoms with Crippen LogP contribution in [0.15, 0.2) is 23.0 Å². The molecule has 0 saturated heterocycles. The SMILES string of the molecule is CC1=C(O)C=C(C(C)C)C(C)C1. The lowest BCUT2D eigenvalue weighted by Gasteiger charge is -2.24. The largest absolute Gasteiger partial charge is 0.508 e. The van der Waals surface area contributed by atoms with Crippen molar-refractivity contribution in [3.05, 3.63) is 23.0 Å². The Morgan fingerprint density at radius 2 is 2.08 bits per heavy atom. The van der Waals surface area contributed by atoms with E-state index < -0.39 is 0 Å². The standard InChI is InChI=1S/C11H18O/c1-7(2)10-6-11(12)9(4)5-8(10)3/h6-8,12H,5H2,1-4H3. The molecule has 0 aromatic rings. The van der Waals surface area contributed by atoms with Crippen molar-refractivity contribution >= 4 is 0 Å². The predicted molar refractivity (Wildman–Crippen MR) is 52.0 cm³/mol. The second-order valence-electron chi connectivity index (χ2n) is 4.07. The summed E-state index contributed by atoms with van der Waals surface area (Å²) >= 11 is 0. The van der Waals surface area contributed by atoms with Gasteiger partial charge in [0, 0.05) is 0 Å². The summed E-state index contributed by atoms with van der Waals surface area (Å²) in [5.41, 5.74) is 2.49. The molecule has 0 amide bonds. The molecular weight excluding hydrogens is 148 g/mol. The fraction of sp³-hybridized carbons (Fsp3) is 0.636. The van der Waals surface area contributed by atoms with Gasteiger partial charge in [-0.2, -0.15) is 0 Å². The molecule has 1 aliphatic rings. The maximum Gasteiger partial charge on any atom is 0.114 e. The first-order valence-corrected chi connectivity index (χ1v) is 4.62. The van der Waals surface area contributed by atoms with Gasteiger partial charge in [-0.15, -0.1) is 0 Å². The van der Waals surface area contributed by atoms with Gasteiger partial charge in [-0.05, 0) is 36.8 Å². The highest BCUT2D eigenvalue weighted by Gasteiger charge is 2.18. The zero-order valence-corrected chi connectivity index (χ0v) is 8.39. The van der Waals surface area contributed by atoms with E-state index in [4.69, 9.17) is 0 Å². The highest BCUT2D eigenvalue weighted by molar-refractivity contribution is 5.30. The van der Waals surface area contributed by atoms with Gasteiger partial charge in [-0.3, -0.25) is 0 Å². The van der Waals surface area contributed by atoms with Crippen molar-refractivity contribution in [2.45, 2.75) is 34.1 Å². The number of aliphatic hydroxyl groups excluding tert-OH is 1. The van der Waals surface area contributed by atoms with Crippen molar-refractivity contribution in [2.75, 3.05) is 0 Å². The Balaban J connectivity index is 2.93. The summed E-state index contributed by atoms with van der Waals surface area (Å²) in [7, 11) is 0. The fourth-order valence-corrected chi connectivity index (χ4v) is 1.84. The third kappa shape index (κ3) is 1.71. The van der Waals surface area contributed by atoms with Gasteiger partial charge in [0.15, 0.2) is 0 Å². The molecule has 0 aromatic carbocycles. The maximum absolute atomic E-state index is 9.52. The Bertz CT molecular complexity index is 233. The molecule has 12 heavy (non-hydrogen) atoms. The van der Waals surface area contributed by atoms with Gasteiger partial charge in [0.1, 0.15) is 5.76 Å². The van der Waals surface area contributed by atoms with Crippen LogP contribution in [0, 0.1) is 11.8 Å². The number of rotatable bonds is 1. The zero-order chi connectivity index (χ0) is 9.30. The van der Waals surface area contributed by atoms with Crippen LogP contribution in [0.5, 0.6) is 0 Å². The second-order valence-corrected chi connectivity index (χ2v) is 4.07. The van der Waals surface area contributed by atoms with Gasteiger partial charge in [0.25, 0.3) is 0 Å². The van der Waals surface area contributed by atoms with E-state index in [1.807, 2.05) is 13.0 Å². The molecule has 0 fully saturated rings. The lowest BCUT2D eigenvalue weighted by atomic mass is 9.82. The van der Waals surface area contributed by atoms with Gasteiger partial charge in [0.2, 0.25) is 0 Å². The Kier molecular flexibility index (Phi) is 2.61. The highest BCUT2D eigenvalue weighted by atomic mass is 16.3. The molecule has 0 bridgehead atoms. The van der Waals surface area contributed by atoms with Crippen LogP contribution in [-0.2, 0) is 0 Å². The lowest BCUT2D eigenvalue weighted by Crippen LogP contribution is -2.11. The van der Waals surface area contributed by atoms with Crippen LogP contribution >= 0.6 is 0 Å². The van der Waals surface area contributed by atoms with E-state index in [1.165, 1.54) is 5.57 Å². The quantitative estimate of drug-likeness (QED) is 0.632. The summed E-state index contributed by atoms with van der Waals surface area (Å²) in [6.07, 6.45) is 2.95. The van der Waals surface area contributed by atoms with Crippen LogP contribution in [0.1, 0.15) is 34.1 Å². The number of allylic oxidation sites excluding steroid dienone is 3. The van der Waals surface area contributed by atoms with Crippen LogP contribution in [0.25, 0.3) is 0 Å². The summed E-state index contributed by atoms with van der Waals surface area (Å²) in [6.45, 7) is 8.58. The molecule has 1 nitrogen and oxygen atoms in total. The Morgan fingerprint density at radius 3 is 2.58 bits per heavy atom. The summed E-state index contributed by atoms with van der Waals surface area (Å²) < 4.78 is 0. The van der Waals surface area contributed by atoms with Crippen LogP contribution in [0.2, 0.25) is 0 Å². The van der Waals surface area contributed by atoms with Crippen molar-refractivity contribution in [1.29, 1.82) is 0 Å². The Morgan fingerprint density at radius 1 is 1.50 bits per heavy atom. The third-order valence-corrected chi connectivity index (χ3v) is 2.59. The molecule has 68 valence electrons. The molecular formula is C11H18O. The van der Waals surface area contributed by atoms with E-state index >= 15 is 0 Å². The third-order valence-electron chi connectivity index (χ3n) is 2.59. The average molecular weight is 166 g/mol. The minimum Gasteiger partial charge on any atom is -0.508 e. The number of aliphatic hydroxyl groups is 1. The first kappa shape index (κ1) is 9.37. The maximum atomic E-state index is 9.52. The molecule has 1 unspecified atom stereocenters. The molecule has 1 N–H and O–H groups in total. The van der Waals surface area contributed by atoms with Crippen molar-refractivity contribution < 1.29 is 5.11 Å². The Hall–Kier alpha value is -0.720. The molecule has 0 heterocycles. The molecule has 0 radical (unpaired) electrons.